The molecule has 2 N–H and O–H groups in total. The van der Waals surface area contributed by atoms with Crippen LogP contribution in [0.4, 0.5) is 0 Å². The molecule has 2 aromatic heterocycles. The second kappa shape index (κ2) is 8.30. The number of hydrogen-bond donors (Lipinski definition) is 2. The zero-order valence-corrected chi connectivity index (χ0v) is 16.5. The van der Waals surface area contributed by atoms with Crippen molar-refractivity contribution in [1.29, 1.82) is 0 Å². The van der Waals surface area contributed by atoms with Gasteiger partial charge < -0.3 is 19.4 Å². The topological polar surface area (TPSA) is 118 Å². The van der Waals surface area contributed by atoms with Crippen LogP contribution in [0.15, 0.2) is 27.8 Å². The number of benzene rings is 1. The second-order valence-electron chi connectivity index (χ2n) is 6.74. The third-order valence-electron chi connectivity index (χ3n) is 4.85. The number of nitrogens with one attached hydrogen (secondary N) is 2. The predicted octanol–water partition coefficient (Wildman–Crippen LogP) is 2.68. The highest BCUT2D eigenvalue weighted by molar-refractivity contribution is 6.07. The molecule has 8 heteroatoms. The fraction of sp³-hybridized carbons (Fsp3) is 0.333. The molecule has 0 unspecified atom stereocenters. The number of pyridine rings is 2. The highest BCUT2D eigenvalue weighted by Crippen LogP contribution is 2.25. The summed E-state index contributed by atoms with van der Waals surface area (Å²) in [5.74, 6) is -1.38. The van der Waals surface area contributed by atoms with Crippen molar-refractivity contribution in [1.82, 2.24) is 9.97 Å². The van der Waals surface area contributed by atoms with Gasteiger partial charge >= 0.3 is 11.9 Å². The van der Waals surface area contributed by atoms with E-state index in [2.05, 4.69) is 21.6 Å². The van der Waals surface area contributed by atoms with E-state index in [1.165, 1.54) is 14.2 Å². The fourth-order valence-electron chi connectivity index (χ4n) is 3.41. The number of aromatic amines is 2. The lowest BCUT2D eigenvalue weighted by atomic mass is 9.99. The zero-order valence-electron chi connectivity index (χ0n) is 16.5. The van der Waals surface area contributed by atoms with Crippen LogP contribution in [0, 0.1) is 0 Å². The first-order chi connectivity index (χ1) is 13.9. The Morgan fingerprint density at radius 2 is 1.45 bits per heavy atom. The highest BCUT2D eigenvalue weighted by atomic mass is 16.5. The number of carbonyl (C=O) groups is 2. The molecule has 0 amide bonds. The van der Waals surface area contributed by atoms with Crippen molar-refractivity contribution in [3.63, 3.8) is 0 Å². The quantitative estimate of drug-likeness (QED) is 0.374. The van der Waals surface area contributed by atoms with E-state index < -0.39 is 22.8 Å². The lowest BCUT2D eigenvalue weighted by Gasteiger charge is -2.12. The summed E-state index contributed by atoms with van der Waals surface area (Å²) in [5, 5.41) is 0.512. The maximum absolute atomic E-state index is 12.9. The van der Waals surface area contributed by atoms with Gasteiger partial charge in [-0.15, -0.1) is 0 Å². The van der Waals surface area contributed by atoms with Gasteiger partial charge in [-0.25, -0.2) is 9.59 Å². The molecule has 0 aliphatic carbocycles. The van der Waals surface area contributed by atoms with E-state index in [0.29, 0.717) is 17.3 Å². The summed E-state index contributed by atoms with van der Waals surface area (Å²) in [5.41, 5.74) is 0.534. The molecule has 2 heterocycles. The molecule has 0 saturated carbocycles. The van der Waals surface area contributed by atoms with E-state index in [9.17, 15) is 19.2 Å². The number of esters is 2. The van der Waals surface area contributed by atoms with Crippen molar-refractivity contribution < 1.29 is 19.1 Å². The molecule has 0 fully saturated rings. The summed E-state index contributed by atoms with van der Waals surface area (Å²) in [6, 6.07) is 3.99. The largest absolute Gasteiger partial charge is 0.464 e. The Balaban J connectivity index is 2.41. The maximum atomic E-state index is 12.9. The first kappa shape index (κ1) is 20.3. The predicted molar refractivity (Wildman–Crippen MR) is 109 cm³/mol. The Morgan fingerprint density at radius 3 is 2.03 bits per heavy atom. The van der Waals surface area contributed by atoms with Crippen LogP contribution < -0.4 is 10.9 Å². The monoisotopic (exact) mass is 398 g/mol. The summed E-state index contributed by atoms with van der Waals surface area (Å²) < 4.78 is 9.40. The van der Waals surface area contributed by atoms with Crippen molar-refractivity contribution in [3.8, 4) is 0 Å². The van der Waals surface area contributed by atoms with Gasteiger partial charge in [-0.05, 0) is 24.5 Å². The molecule has 8 nitrogen and oxygen atoms in total. The van der Waals surface area contributed by atoms with Gasteiger partial charge in [0.2, 0.25) is 0 Å². The SMILES string of the molecule is CCCCCc1cc2c(=O)cc(C(=O)OC)[nH]c2c2c(=O)cc(C(=O)OC)[nH]c12. The van der Waals surface area contributed by atoms with E-state index in [1.807, 2.05) is 0 Å². The number of hydrogen-bond acceptors (Lipinski definition) is 6. The number of carbonyl (C=O) groups excluding carboxylic acids is 2. The van der Waals surface area contributed by atoms with Gasteiger partial charge in [-0.2, -0.15) is 0 Å². The third-order valence-corrected chi connectivity index (χ3v) is 4.85. The number of fused-ring (bicyclic) bond motifs is 3. The first-order valence-corrected chi connectivity index (χ1v) is 9.33. The summed E-state index contributed by atoms with van der Waals surface area (Å²) in [7, 11) is 2.43. The van der Waals surface area contributed by atoms with E-state index in [0.717, 1.165) is 37.0 Å². The van der Waals surface area contributed by atoms with Gasteiger partial charge in [0.25, 0.3) is 0 Å². The van der Waals surface area contributed by atoms with Crippen molar-refractivity contribution in [2.75, 3.05) is 14.2 Å². The van der Waals surface area contributed by atoms with Crippen LogP contribution in [0.25, 0.3) is 21.8 Å². The van der Waals surface area contributed by atoms with Gasteiger partial charge in [0.1, 0.15) is 11.4 Å². The summed E-state index contributed by atoms with van der Waals surface area (Å²) in [6.07, 6.45) is 3.48. The molecule has 29 heavy (non-hydrogen) atoms. The maximum Gasteiger partial charge on any atom is 0.354 e. The molecular weight excluding hydrogens is 376 g/mol. The Kier molecular flexibility index (Phi) is 5.81. The van der Waals surface area contributed by atoms with Crippen molar-refractivity contribution >= 4 is 33.7 Å². The van der Waals surface area contributed by atoms with E-state index in [4.69, 9.17) is 4.74 Å². The Hall–Kier alpha value is -3.42. The highest BCUT2D eigenvalue weighted by Gasteiger charge is 2.18. The molecule has 0 radical (unpaired) electrons. The number of aromatic nitrogens is 2. The number of methoxy groups -OCH3 is 2. The van der Waals surface area contributed by atoms with Crippen molar-refractivity contribution in [2.45, 2.75) is 32.6 Å². The van der Waals surface area contributed by atoms with Gasteiger partial charge in [-0.3, -0.25) is 9.59 Å². The Morgan fingerprint density at radius 1 is 0.862 bits per heavy atom. The number of rotatable bonds is 6. The van der Waals surface area contributed by atoms with E-state index in [-0.39, 0.29) is 22.3 Å². The molecule has 0 aliphatic heterocycles. The van der Waals surface area contributed by atoms with Crippen LogP contribution in [0.2, 0.25) is 0 Å². The van der Waals surface area contributed by atoms with Crippen LogP contribution >= 0.6 is 0 Å². The summed E-state index contributed by atoms with van der Waals surface area (Å²) in [6.45, 7) is 2.08. The molecule has 152 valence electrons. The number of aryl methyl sites for hydroxylation is 1. The minimum absolute atomic E-state index is 0.0209. The average Bonchev–Trinajstić information content (AvgIpc) is 2.72. The van der Waals surface area contributed by atoms with Crippen LogP contribution in [-0.4, -0.2) is 36.1 Å². The van der Waals surface area contributed by atoms with Crippen LogP contribution in [0.3, 0.4) is 0 Å². The van der Waals surface area contributed by atoms with E-state index in [1.54, 1.807) is 6.07 Å². The number of H-pyrrole nitrogens is 2. The Bertz CT molecular complexity index is 1220. The normalized spacial score (nSPS) is 11.0. The van der Waals surface area contributed by atoms with Crippen LogP contribution in [0.5, 0.6) is 0 Å². The van der Waals surface area contributed by atoms with Crippen molar-refractivity contribution in [2.24, 2.45) is 0 Å². The molecule has 3 rings (SSSR count). The minimum atomic E-state index is -0.716. The third kappa shape index (κ3) is 3.78. The lowest BCUT2D eigenvalue weighted by Crippen LogP contribution is -2.16. The molecule has 3 aromatic rings. The van der Waals surface area contributed by atoms with Gasteiger partial charge in [0.05, 0.1) is 30.6 Å². The molecule has 1 aromatic carbocycles. The summed E-state index contributed by atoms with van der Waals surface area (Å²) >= 11 is 0. The molecule has 0 bridgehead atoms. The number of ether oxygens (including phenoxy) is 2. The number of unbranched alkanes of at least 4 members (excludes halogenated alkanes) is 2. The van der Waals surface area contributed by atoms with Crippen LogP contribution in [0.1, 0.15) is 52.7 Å². The molecule has 0 saturated heterocycles. The van der Waals surface area contributed by atoms with Gasteiger partial charge in [-0.1, -0.05) is 19.8 Å². The smallest absolute Gasteiger partial charge is 0.354 e. The molecule has 0 atom stereocenters. The fourth-order valence-corrected chi connectivity index (χ4v) is 3.41. The zero-order chi connectivity index (χ0) is 21.1. The van der Waals surface area contributed by atoms with Gasteiger partial charge in [0.15, 0.2) is 10.9 Å². The van der Waals surface area contributed by atoms with E-state index >= 15 is 0 Å². The van der Waals surface area contributed by atoms with Crippen molar-refractivity contribution in [3.05, 3.63) is 55.6 Å². The lowest BCUT2D eigenvalue weighted by molar-refractivity contribution is 0.0586. The summed E-state index contributed by atoms with van der Waals surface area (Å²) in [4.78, 5) is 55.3. The van der Waals surface area contributed by atoms with Crippen LogP contribution in [-0.2, 0) is 15.9 Å². The molecule has 0 aliphatic rings. The molecular formula is C21H22N2O6. The Labute approximate surface area is 165 Å². The average molecular weight is 398 g/mol. The second-order valence-corrected chi connectivity index (χ2v) is 6.74. The standard InChI is InChI=1S/C21H22N2O6/c1-4-5-6-7-11-8-12-15(24)9-13(20(26)28-2)23-19(12)17-16(25)10-14(21(27)29-3)22-18(11)17/h8-10H,4-7H2,1-3H3,(H,22,25)(H,23,24). The minimum Gasteiger partial charge on any atom is -0.464 e. The molecule has 0 spiro atoms. The first-order valence-electron chi connectivity index (χ1n) is 9.33. The van der Waals surface area contributed by atoms with Gasteiger partial charge in [0, 0.05) is 17.5 Å².